The highest BCUT2D eigenvalue weighted by atomic mass is 32.1. The molecule has 0 saturated heterocycles. The Balaban J connectivity index is 2.61. The van der Waals surface area contributed by atoms with E-state index in [0.29, 0.717) is 0 Å². The van der Waals surface area contributed by atoms with Crippen molar-refractivity contribution in [3.8, 4) is 16.9 Å². The largest absolute Gasteiger partial charge is 0.495 e. The summed E-state index contributed by atoms with van der Waals surface area (Å²) < 4.78 is 5.42. The molecule has 2 rings (SSSR count). The predicted molar refractivity (Wildman–Crippen MR) is 66.4 cm³/mol. The van der Waals surface area contributed by atoms with Crippen LogP contribution in [0.25, 0.3) is 17.2 Å². The van der Waals surface area contributed by atoms with Gasteiger partial charge in [-0.2, -0.15) is 11.3 Å². The van der Waals surface area contributed by atoms with Gasteiger partial charge < -0.3 is 4.74 Å². The highest BCUT2D eigenvalue weighted by Crippen LogP contribution is 2.34. The molecular formula is C13H12OS. The van der Waals surface area contributed by atoms with Gasteiger partial charge in [-0.25, -0.2) is 0 Å². The quantitative estimate of drug-likeness (QED) is 0.751. The third-order valence-electron chi connectivity index (χ3n) is 2.30. The summed E-state index contributed by atoms with van der Waals surface area (Å²) in [4.78, 5) is 0. The second kappa shape index (κ2) is 4.32. The van der Waals surface area contributed by atoms with E-state index in [2.05, 4.69) is 29.5 Å². The minimum Gasteiger partial charge on any atom is -0.495 e. The van der Waals surface area contributed by atoms with Crippen molar-refractivity contribution in [1.29, 1.82) is 0 Å². The van der Waals surface area contributed by atoms with E-state index in [1.807, 2.05) is 18.2 Å². The maximum absolute atomic E-state index is 5.42. The Bertz CT molecular complexity index is 457. The lowest BCUT2D eigenvalue weighted by molar-refractivity contribution is 0.415. The van der Waals surface area contributed by atoms with Gasteiger partial charge in [-0.3, -0.25) is 0 Å². The minimum absolute atomic E-state index is 0.894. The summed E-state index contributed by atoms with van der Waals surface area (Å²) in [6, 6.07) is 8.18. The fraction of sp³-hybridized carbons (Fsp3) is 0.0769. The number of rotatable bonds is 3. The molecule has 0 N–H and O–H groups in total. The van der Waals surface area contributed by atoms with E-state index in [1.54, 1.807) is 18.4 Å². The van der Waals surface area contributed by atoms with E-state index < -0.39 is 0 Å². The van der Waals surface area contributed by atoms with E-state index in [-0.39, 0.29) is 0 Å². The van der Waals surface area contributed by atoms with Gasteiger partial charge in [0.2, 0.25) is 0 Å². The number of thiophene rings is 1. The first-order valence-electron chi connectivity index (χ1n) is 4.69. The molecule has 0 fully saturated rings. The standard InChI is InChI=1S/C13H12OS/c1-3-10-5-4-6-12(13(10)14-2)11-7-8-15-9-11/h3-9H,1H2,2H3. The molecule has 0 unspecified atom stereocenters. The van der Waals surface area contributed by atoms with E-state index >= 15 is 0 Å². The van der Waals surface area contributed by atoms with Crippen LogP contribution in [0.3, 0.4) is 0 Å². The van der Waals surface area contributed by atoms with Crippen LogP contribution in [0.1, 0.15) is 5.56 Å². The molecule has 0 spiro atoms. The van der Waals surface area contributed by atoms with Crippen LogP contribution in [0.4, 0.5) is 0 Å². The maximum atomic E-state index is 5.42. The summed E-state index contributed by atoms with van der Waals surface area (Å²) in [5, 5.41) is 4.18. The van der Waals surface area contributed by atoms with Crippen LogP contribution in [0, 0.1) is 0 Å². The van der Waals surface area contributed by atoms with E-state index in [4.69, 9.17) is 4.74 Å². The summed E-state index contributed by atoms with van der Waals surface area (Å²) in [7, 11) is 1.69. The Morgan fingerprint density at radius 3 is 2.80 bits per heavy atom. The molecule has 0 aliphatic rings. The lowest BCUT2D eigenvalue weighted by Crippen LogP contribution is -1.89. The van der Waals surface area contributed by atoms with Crippen molar-refractivity contribution in [2.75, 3.05) is 7.11 Å². The Kier molecular flexibility index (Phi) is 2.88. The molecule has 0 radical (unpaired) electrons. The molecule has 0 aliphatic heterocycles. The SMILES string of the molecule is C=Cc1cccc(-c2ccsc2)c1OC. The molecule has 76 valence electrons. The van der Waals surface area contributed by atoms with Crippen LogP contribution < -0.4 is 4.74 Å². The zero-order valence-electron chi connectivity index (χ0n) is 8.57. The van der Waals surface area contributed by atoms with Crippen molar-refractivity contribution in [3.63, 3.8) is 0 Å². The van der Waals surface area contributed by atoms with Gasteiger partial charge in [-0.15, -0.1) is 0 Å². The third-order valence-corrected chi connectivity index (χ3v) is 2.98. The highest BCUT2D eigenvalue weighted by molar-refractivity contribution is 7.08. The van der Waals surface area contributed by atoms with Crippen molar-refractivity contribution >= 4 is 17.4 Å². The van der Waals surface area contributed by atoms with Crippen LogP contribution in [-0.2, 0) is 0 Å². The molecule has 0 atom stereocenters. The minimum atomic E-state index is 0.894. The molecule has 1 heterocycles. The Morgan fingerprint density at radius 2 is 2.20 bits per heavy atom. The molecule has 2 aromatic rings. The van der Waals surface area contributed by atoms with Crippen LogP contribution in [0.2, 0.25) is 0 Å². The van der Waals surface area contributed by atoms with Gasteiger partial charge in [0.1, 0.15) is 5.75 Å². The third kappa shape index (κ3) is 1.81. The lowest BCUT2D eigenvalue weighted by Gasteiger charge is -2.09. The second-order valence-corrected chi connectivity index (χ2v) is 3.92. The molecule has 0 bridgehead atoms. The van der Waals surface area contributed by atoms with Crippen molar-refractivity contribution in [2.45, 2.75) is 0 Å². The number of benzene rings is 1. The first-order valence-corrected chi connectivity index (χ1v) is 5.63. The van der Waals surface area contributed by atoms with Crippen LogP contribution in [0.15, 0.2) is 41.6 Å². The van der Waals surface area contributed by atoms with Crippen LogP contribution >= 0.6 is 11.3 Å². The van der Waals surface area contributed by atoms with Crippen molar-refractivity contribution < 1.29 is 4.74 Å². The summed E-state index contributed by atoms with van der Waals surface area (Å²) in [5.41, 5.74) is 3.35. The predicted octanol–water partition coefficient (Wildman–Crippen LogP) is 4.07. The molecule has 0 amide bonds. The first kappa shape index (κ1) is 9.99. The monoisotopic (exact) mass is 216 g/mol. The zero-order valence-corrected chi connectivity index (χ0v) is 9.38. The smallest absolute Gasteiger partial charge is 0.133 e. The highest BCUT2D eigenvalue weighted by Gasteiger charge is 2.08. The Morgan fingerprint density at radius 1 is 1.33 bits per heavy atom. The average Bonchev–Trinajstić information content (AvgIpc) is 2.81. The van der Waals surface area contributed by atoms with Crippen molar-refractivity contribution in [1.82, 2.24) is 0 Å². The number of hydrogen-bond acceptors (Lipinski definition) is 2. The van der Waals surface area contributed by atoms with Gasteiger partial charge in [0, 0.05) is 11.1 Å². The molecule has 2 heteroatoms. The topological polar surface area (TPSA) is 9.23 Å². The second-order valence-electron chi connectivity index (χ2n) is 3.14. The lowest BCUT2D eigenvalue weighted by atomic mass is 10.0. The first-order chi connectivity index (χ1) is 7.36. The number of hydrogen-bond donors (Lipinski definition) is 0. The molecular weight excluding hydrogens is 204 g/mol. The van der Waals surface area contributed by atoms with Gasteiger partial charge in [0.15, 0.2) is 0 Å². The van der Waals surface area contributed by atoms with Crippen LogP contribution in [0.5, 0.6) is 5.75 Å². The number of methoxy groups -OCH3 is 1. The van der Waals surface area contributed by atoms with Gasteiger partial charge in [0.25, 0.3) is 0 Å². The van der Waals surface area contributed by atoms with E-state index in [1.165, 1.54) is 5.56 Å². The summed E-state index contributed by atoms with van der Waals surface area (Å²) >= 11 is 1.69. The maximum Gasteiger partial charge on any atom is 0.133 e. The number of ether oxygens (including phenoxy) is 1. The summed E-state index contributed by atoms with van der Waals surface area (Å²) in [6.07, 6.45) is 1.81. The molecule has 15 heavy (non-hydrogen) atoms. The van der Waals surface area contributed by atoms with E-state index in [9.17, 15) is 0 Å². The molecule has 0 aliphatic carbocycles. The van der Waals surface area contributed by atoms with Gasteiger partial charge in [-0.05, 0) is 22.4 Å². The van der Waals surface area contributed by atoms with Gasteiger partial charge in [-0.1, -0.05) is 30.9 Å². The average molecular weight is 216 g/mol. The normalized spacial score (nSPS) is 9.93. The van der Waals surface area contributed by atoms with Crippen molar-refractivity contribution in [3.05, 3.63) is 47.2 Å². The number of para-hydroxylation sites is 1. The fourth-order valence-electron chi connectivity index (χ4n) is 1.59. The Labute approximate surface area is 93.6 Å². The summed E-state index contributed by atoms with van der Waals surface area (Å²) in [5.74, 6) is 0.894. The molecule has 1 aromatic heterocycles. The zero-order chi connectivity index (χ0) is 10.7. The van der Waals surface area contributed by atoms with Crippen LogP contribution in [-0.4, -0.2) is 7.11 Å². The Hall–Kier alpha value is -1.54. The van der Waals surface area contributed by atoms with E-state index in [0.717, 1.165) is 16.9 Å². The molecule has 1 nitrogen and oxygen atoms in total. The fourth-order valence-corrected chi connectivity index (χ4v) is 2.24. The molecule has 0 saturated carbocycles. The van der Waals surface area contributed by atoms with Gasteiger partial charge >= 0.3 is 0 Å². The summed E-state index contributed by atoms with van der Waals surface area (Å²) in [6.45, 7) is 3.78. The molecule has 1 aromatic carbocycles. The van der Waals surface area contributed by atoms with Gasteiger partial charge in [0.05, 0.1) is 7.11 Å². The van der Waals surface area contributed by atoms with Crippen molar-refractivity contribution in [2.24, 2.45) is 0 Å².